The molecule has 3 aromatic carbocycles. The van der Waals surface area contributed by atoms with Crippen LogP contribution >= 0.6 is 0 Å². The molecule has 0 radical (unpaired) electrons. The van der Waals surface area contributed by atoms with Crippen LogP contribution in [0.1, 0.15) is 29.8 Å². The van der Waals surface area contributed by atoms with Gasteiger partial charge in [0.1, 0.15) is 28.0 Å². The first-order chi connectivity index (χ1) is 15.7. The molecule has 0 bridgehead atoms. The maximum absolute atomic E-state index is 13.0. The second-order valence-corrected chi connectivity index (χ2v) is 9.21. The zero-order valence-electron chi connectivity index (χ0n) is 18.5. The third kappa shape index (κ3) is 6.53. The van der Waals surface area contributed by atoms with Crippen molar-refractivity contribution in [2.75, 3.05) is 7.11 Å². The predicted octanol–water partition coefficient (Wildman–Crippen LogP) is 4.24. The molecule has 0 aromatic heterocycles. The molecule has 0 aliphatic carbocycles. The first kappa shape index (κ1) is 24.2. The molecule has 0 atom stereocenters. The fraction of sp³-hybridized carbons (Fsp3) is 0.208. The first-order valence-corrected chi connectivity index (χ1v) is 11.7. The van der Waals surface area contributed by atoms with Crippen molar-refractivity contribution in [3.63, 3.8) is 0 Å². The van der Waals surface area contributed by atoms with Gasteiger partial charge in [0.15, 0.2) is 0 Å². The van der Waals surface area contributed by atoms with Gasteiger partial charge in [0.2, 0.25) is 10.0 Å². The van der Waals surface area contributed by atoms with Crippen LogP contribution in [0.25, 0.3) is 0 Å². The van der Waals surface area contributed by atoms with Gasteiger partial charge in [-0.15, -0.1) is 0 Å². The smallest absolute Gasteiger partial charge is 0.251 e. The lowest BCUT2D eigenvalue weighted by Gasteiger charge is -2.14. The van der Waals surface area contributed by atoms with Crippen LogP contribution < -0.4 is 19.5 Å². The van der Waals surface area contributed by atoms with Gasteiger partial charge < -0.3 is 14.8 Å². The summed E-state index contributed by atoms with van der Waals surface area (Å²) in [5, 5.41) is 2.77. The van der Waals surface area contributed by atoms with Crippen molar-refractivity contribution in [2.45, 2.75) is 31.3 Å². The van der Waals surface area contributed by atoms with E-state index in [4.69, 9.17) is 9.47 Å². The van der Waals surface area contributed by atoms with Crippen LogP contribution in [0, 0.1) is 5.82 Å². The van der Waals surface area contributed by atoms with Gasteiger partial charge in [-0.1, -0.05) is 12.1 Å². The van der Waals surface area contributed by atoms with Gasteiger partial charge in [-0.2, -0.15) is 0 Å². The van der Waals surface area contributed by atoms with E-state index in [-0.39, 0.29) is 34.6 Å². The standard InChI is InChI=1S/C24H25FN2O5S/c1-16(2)27-33(29,30)23-14-18(6-13-22(23)31-3)24(28)26-15-17-4-9-20(10-5-17)32-21-11-7-19(25)8-12-21/h4-14,16,27H,15H2,1-3H3,(H,26,28). The second kappa shape index (κ2) is 10.5. The highest BCUT2D eigenvalue weighted by atomic mass is 32.2. The van der Waals surface area contributed by atoms with Gasteiger partial charge in [-0.05, 0) is 74.0 Å². The highest BCUT2D eigenvalue weighted by Crippen LogP contribution is 2.25. The fourth-order valence-electron chi connectivity index (χ4n) is 3.00. The molecule has 0 aliphatic heterocycles. The third-order valence-corrected chi connectivity index (χ3v) is 6.21. The SMILES string of the molecule is COc1ccc(C(=O)NCc2ccc(Oc3ccc(F)cc3)cc2)cc1S(=O)(=O)NC(C)C. The zero-order valence-corrected chi connectivity index (χ0v) is 19.3. The summed E-state index contributed by atoms with van der Waals surface area (Å²) in [6.45, 7) is 3.64. The number of hydrogen-bond donors (Lipinski definition) is 2. The number of amides is 1. The number of ether oxygens (including phenoxy) is 2. The highest BCUT2D eigenvalue weighted by Gasteiger charge is 2.22. The minimum Gasteiger partial charge on any atom is -0.495 e. The van der Waals surface area contributed by atoms with Crippen molar-refractivity contribution in [3.05, 3.63) is 83.7 Å². The van der Waals surface area contributed by atoms with E-state index >= 15 is 0 Å². The largest absolute Gasteiger partial charge is 0.495 e. The normalized spacial score (nSPS) is 11.3. The quantitative estimate of drug-likeness (QED) is 0.486. The molecule has 9 heteroatoms. The summed E-state index contributed by atoms with van der Waals surface area (Å²) in [6.07, 6.45) is 0. The molecule has 2 N–H and O–H groups in total. The van der Waals surface area contributed by atoms with Crippen molar-refractivity contribution in [3.8, 4) is 17.2 Å². The minimum absolute atomic E-state index is 0.103. The van der Waals surface area contributed by atoms with Crippen LogP contribution in [-0.4, -0.2) is 27.5 Å². The molecule has 3 rings (SSSR count). The van der Waals surface area contributed by atoms with Gasteiger partial charge >= 0.3 is 0 Å². The molecule has 0 spiro atoms. The Labute approximate surface area is 192 Å². The lowest BCUT2D eigenvalue weighted by molar-refractivity contribution is 0.0950. The zero-order chi connectivity index (χ0) is 24.0. The Hall–Kier alpha value is -3.43. The van der Waals surface area contributed by atoms with Crippen molar-refractivity contribution in [2.24, 2.45) is 0 Å². The number of carbonyl (C=O) groups is 1. The Bertz CT molecular complexity index is 1210. The number of methoxy groups -OCH3 is 1. The lowest BCUT2D eigenvalue weighted by Crippen LogP contribution is -2.31. The van der Waals surface area contributed by atoms with Crippen LogP contribution in [-0.2, 0) is 16.6 Å². The summed E-state index contributed by atoms with van der Waals surface area (Å²) in [5.74, 6) is 0.460. The van der Waals surface area contributed by atoms with Gasteiger partial charge in [-0.25, -0.2) is 17.5 Å². The molecule has 0 unspecified atom stereocenters. The van der Waals surface area contributed by atoms with E-state index in [0.29, 0.717) is 11.5 Å². The van der Waals surface area contributed by atoms with Gasteiger partial charge in [0.25, 0.3) is 5.91 Å². The topological polar surface area (TPSA) is 93.7 Å². The lowest BCUT2D eigenvalue weighted by atomic mass is 10.2. The van der Waals surface area contributed by atoms with Crippen LogP contribution in [0.15, 0.2) is 71.6 Å². The number of nitrogens with one attached hydrogen (secondary N) is 2. The summed E-state index contributed by atoms with van der Waals surface area (Å²) >= 11 is 0. The average Bonchev–Trinajstić information content (AvgIpc) is 2.78. The molecule has 0 aliphatic rings. The molecule has 3 aromatic rings. The monoisotopic (exact) mass is 472 g/mol. The number of halogens is 1. The molecule has 174 valence electrons. The summed E-state index contributed by atoms with van der Waals surface area (Å²) < 4.78 is 51.5. The summed E-state index contributed by atoms with van der Waals surface area (Å²) in [6, 6.07) is 16.7. The first-order valence-electron chi connectivity index (χ1n) is 10.2. The van der Waals surface area contributed by atoms with Gasteiger partial charge in [-0.3, -0.25) is 4.79 Å². The van der Waals surface area contributed by atoms with E-state index in [9.17, 15) is 17.6 Å². The summed E-state index contributed by atoms with van der Waals surface area (Å²) in [4.78, 5) is 12.5. The average molecular weight is 473 g/mol. The van der Waals surface area contributed by atoms with Crippen LogP contribution in [0.4, 0.5) is 4.39 Å². The van der Waals surface area contributed by atoms with Gasteiger partial charge in [0.05, 0.1) is 7.11 Å². The van der Waals surface area contributed by atoms with E-state index in [1.165, 1.54) is 49.6 Å². The molecular weight excluding hydrogens is 447 g/mol. The van der Waals surface area contributed by atoms with Crippen molar-refractivity contribution in [1.82, 2.24) is 10.0 Å². The van der Waals surface area contributed by atoms with Crippen LogP contribution in [0.2, 0.25) is 0 Å². The maximum Gasteiger partial charge on any atom is 0.251 e. The Balaban J connectivity index is 1.66. The molecule has 7 nitrogen and oxygen atoms in total. The van der Waals surface area contributed by atoms with Crippen LogP contribution in [0.5, 0.6) is 17.2 Å². The number of carbonyl (C=O) groups excluding carboxylic acids is 1. The molecule has 0 saturated carbocycles. The second-order valence-electron chi connectivity index (χ2n) is 7.52. The summed E-state index contributed by atoms with van der Waals surface area (Å²) in [5.41, 5.74) is 1.01. The number of rotatable bonds is 9. The predicted molar refractivity (Wildman–Crippen MR) is 123 cm³/mol. The highest BCUT2D eigenvalue weighted by molar-refractivity contribution is 7.89. The Morgan fingerprint density at radius 2 is 1.58 bits per heavy atom. The fourth-order valence-corrected chi connectivity index (χ4v) is 4.45. The van der Waals surface area contributed by atoms with Crippen molar-refractivity contribution < 1.29 is 27.1 Å². The van der Waals surface area contributed by atoms with E-state index in [1.807, 2.05) is 0 Å². The number of sulfonamides is 1. The number of hydrogen-bond acceptors (Lipinski definition) is 5. The number of benzene rings is 3. The Morgan fingerprint density at radius 1 is 0.970 bits per heavy atom. The molecular formula is C24H25FN2O5S. The molecule has 0 heterocycles. The van der Waals surface area contributed by atoms with E-state index in [1.54, 1.807) is 38.1 Å². The maximum atomic E-state index is 13.0. The third-order valence-electron chi connectivity index (χ3n) is 4.53. The van der Waals surface area contributed by atoms with Crippen LogP contribution in [0.3, 0.4) is 0 Å². The van der Waals surface area contributed by atoms with Crippen molar-refractivity contribution >= 4 is 15.9 Å². The van der Waals surface area contributed by atoms with Crippen molar-refractivity contribution in [1.29, 1.82) is 0 Å². The molecule has 0 saturated heterocycles. The Kier molecular flexibility index (Phi) is 7.67. The minimum atomic E-state index is -3.85. The molecule has 33 heavy (non-hydrogen) atoms. The molecule has 1 amide bonds. The van der Waals surface area contributed by atoms with Gasteiger partial charge in [0, 0.05) is 18.2 Å². The molecule has 0 fully saturated rings. The summed E-state index contributed by atoms with van der Waals surface area (Å²) in [7, 11) is -2.48. The van der Waals surface area contributed by atoms with E-state index in [0.717, 1.165) is 5.56 Å². The Morgan fingerprint density at radius 3 is 2.15 bits per heavy atom. The van der Waals surface area contributed by atoms with E-state index < -0.39 is 15.9 Å². The van der Waals surface area contributed by atoms with E-state index in [2.05, 4.69) is 10.0 Å².